The zero-order chi connectivity index (χ0) is 13.7. The molecule has 0 atom stereocenters. The number of aryl methyl sites for hydroxylation is 1. The molecule has 0 aromatic heterocycles. The van der Waals surface area contributed by atoms with Gasteiger partial charge in [0, 0.05) is 19.3 Å². The van der Waals surface area contributed by atoms with Crippen LogP contribution in [-0.2, 0) is 0 Å². The second-order valence-corrected chi connectivity index (χ2v) is 5.48. The first-order valence-corrected chi connectivity index (χ1v) is 7.15. The van der Waals surface area contributed by atoms with Crippen LogP contribution in [-0.4, -0.2) is 26.5 Å². The van der Waals surface area contributed by atoms with Gasteiger partial charge in [-0.3, -0.25) is 0 Å². The van der Waals surface area contributed by atoms with Crippen molar-refractivity contribution >= 4 is 18.3 Å². The zero-order valence-electron chi connectivity index (χ0n) is 12.2. The van der Waals surface area contributed by atoms with Crippen molar-refractivity contribution in [2.24, 2.45) is 0 Å². The number of hydrogen-bond donors (Lipinski definition) is 1. The molecule has 0 aliphatic carbocycles. The average molecular weight is 267 g/mol. The lowest BCUT2D eigenvalue weighted by atomic mass is 9.98. The van der Waals surface area contributed by atoms with Crippen LogP contribution in [0.4, 0.5) is 5.69 Å². The van der Waals surface area contributed by atoms with Gasteiger partial charge in [-0.25, -0.2) is 0 Å². The van der Waals surface area contributed by atoms with Gasteiger partial charge in [0.1, 0.15) is 5.75 Å². The first-order chi connectivity index (χ1) is 8.51. The van der Waals surface area contributed by atoms with Crippen LogP contribution >= 0.6 is 12.6 Å². The summed E-state index contributed by atoms with van der Waals surface area (Å²) in [5.74, 6) is 2.39. The van der Waals surface area contributed by atoms with E-state index in [-0.39, 0.29) is 0 Å². The molecule has 0 heterocycles. The smallest absolute Gasteiger partial charge is 0.122 e. The summed E-state index contributed by atoms with van der Waals surface area (Å²) in [6, 6.07) is 4.40. The number of ether oxygens (including phenoxy) is 1. The minimum atomic E-state index is 0.470. The number of nitrogens with zero attached hydrogens (tertiary/aromatic N) is 1. The molecule has 102 valence electrons. The molecule has 0 unspecified atom stereocenters. The molecule has 0 bridgehead atoms. The maximum atomic E-state index is 5.47. The Morgan fingerprint density at radius 3 is 2.50 bits per heavy atom. The standard InChI is InChI=1S/C15H25NOS/c1-11(2)13-10-14(16(4)7-6-8-18)12(3)9-15(13)17-5/h9-11,18H,6-8H2,1-5H3. The van der Waals surface area contributed by atoms with Gasteiger partial charge in [-0.05, 0) is 48.3 Å². The lowest BCUT2D eigenvalue weighted by Crippen LogP contribution is -2.20. The highest BCUT2D eigenvalue weighted by molar-refractivity contribution is 7.80. The molecule has 0 N–H and O–H groups in total. The van der Waals surface area contributed by atoms with Crippen LogP contribution in [0.3, 0.4) is 0 Å². The highest BCUT2D eigenvalue weighted by Crippen LogP contribution is 2.33. The number of rotatable bonds is 6. The third-order valence-corrected chi connectivity index (χ3v) is 3.55. The Kier molecular flexibility index (Phi) is 5.86. The molecular formula is C15H25NOS. The summed E-state index contributed by atoms with van der Waals surface area (Å²) < 4.78 is 5.47. The van der Waals surface area contributed by atoms with Gasteiger partial charge in [-0.2, -0.15) is 12.6 Å². The lowest BCUT2D eigenvalue weighted by Gasteiger charge is -2.24. The average Bonchev–Trinajstić information content (AvgIpc) is 2.34. The molecule has 2 nitrogen and oxygen atoms in total. The molecule has 3 heteroatoms. The van der Waals surface area contributed by atoms with Crippen molar-refractivity contribution in [3.8, 4) is 5.75 Å². The topological polar surface area (TPSA) is 12.5 Å². The van der Waals surface area contributed by atoms with Gasteiger partial charge in [-0.15, -0.1) is 0 Å². The van der Waals surface area contributed by atoms with E-state index in [1.807, 2.05) is 0 Å². The van der Waals surface area contributed by atoms with Crippen LogP contribution < -0.4 is 9.64 Å². The zero-order valence-corrected chi connectivity index (χ0v) is 13.1. The molecule has 1 aromatic rings. The summed E-state index contributed by atoms with van der Waals surface area (Å²) in [6.07, 6.45) is 1.10. The van der Waals surface area contributed by atoms with Gasteiger partial charge in [0.05, 0.1) is 7.11 Å². The Labute approximate surface area is 117 Å². The summed E-state index contributed by atoms with van der Waals surface area (Å²) in [7, 11) is 3.88. The van der Waals surface area contributed by atoms with E-state index in [2.05, 4.69) is 57.5 Å². The fraction of sp³-hybridized carbons (Fsp3) is 0.600. The lowest BCUT2D eigenvalue weighted by molar-refractivity contribution is 0.407. The van der Waals surface area contributed by atoms with E-state index in [1.54, 1.807) is 7.11 Å². The van der Waals surface area contributed by atoms with E-state index < -0.39 is 0 Å². The van der Waals surface area contributed by atoms with E-state index in [0.29, 0.717) is 5.92 Å². The third kappa shape index (κ3) is 3.58. The molecule has 0 spiro atoms. The second kappa shape index (κ2) is 6.93. The van der Waals surface area contributed by atoms with Crippen LogP contribution in [0.1, 0.15) is 37.3 Å². The van der Waals surface area contributed by atoms with Gasteiger partial charge in [0.25, 0.3) is 0 Å². The minimum Gasteiger partial charge on any atom is -0.496 e. The van der Waals surface area contributed by atoms with Gasteiger partial charge >= 0.3 is 0 Å². The molecule has 1 rings (SSSR count). The van der Waals surface area contributed by atoms with Gasteiger partial charge in [0.15, 0.2) is 0 Å². The van der Waals surface area contributed by atoms with Crippen LogP contribution in [0, 0.1) is 6.92 Å². The molecule has 0 aliphatic rings. The maximum absolute atomic E-state index is 5.47. The van der Waals surface area contributed by atoms with E-state index in [4.69, 9.17) is 4.74 Å². The SMILES string of the molecule is COc1cc(C)c(N(C)CCCS)cc1C(C)C. The fourth-order valence-electron chi connectivity index (χ4n) is 2.15. The van der Waals surface area contributed by atoms with E-state index >= 15 is 0 Å². The van der Waals surface area contributed by atoms with Crippen molar-refractivity contribution < 1.29 is 4.74 Å². The Bertz CT molecular complexity index is 390. The Morgan fingerprint density at radius 1 is 1.33 bits per heavy atom. The maximum Gasteiger partial charge on any atom is 0.122 e. The van der Waals surface area contributed by atoms with Crippen molar-refractivity contribution in [2.45, 2.75) is 33.1 Å². The molecule has 0 fully saturated rings. The number of benzene rings is 1. The summed E-state index contributed by atoms with van der Waals surface area (Å²) in [6.45, 7) is 7.57. The minimum absolute atomic E-state index is 0.470. The third-order valence-electron chi connectivity index (χ3n) is 3.23. The Balaban J connectivity index is 3.08. The van der Waals surface area contributed by atoms with Gasteiger partial charge < -0.3 is 9.64 Å². The Morgan fingerprint density at radius 2 is 2.00 bits per heavy atom. The first-order valence-electron chi connectivity index (χ1n) is 6.51. The van der Waals surface area contributed by atoms with Crippen molar-refractivity contribution in [3.05, 3.63) is 23.3 Å². The summed E-state index contributed by atoms with van der Waals surface area (Å²) in [5.41, 5.74) is 3.83. The van der Waals surface area contributed by atoms with E-state index in [1.165, 1.54) is 16.8 Å². The van der Waals surface area contributed by atoms with E-state index in [0.717, 1.165) is 24.5 Å². The predicted octanol–water partition coefficient (Wildman–Crippen LogP) is 3.88. The van der Waals surface area contributed by atoms with Crippen LogP contribution in [0.2, 0.25) is 0 Å². The number of methoxy groups -OCH3 is 1. The highest BCUT2D eigenvalue weighted by atomic mass is 32.1. The van der Waals surface area contributed by atoms with E-state index in [9.17, 15) is 0 Å². The number of hydrogen-bond acceptors (Lipinski definition) is 3. The number of anilines is 1. The second-order valence-electron chi connectivity index (χ2n) is 5.03. The summed E-state index contributed by atoms with van der Waals surface area (Å²) in [4.78, 5) is 2.30. The molecule has 0 aliphatic heterocycles. The van der Waals surface area contributed by atoms with Gasteiger partial charge in [0.2, 0.25) is 0 Å². The van der Waals surface area contributed by atoms with Crippen molar-refractivity contribution in [1.82, 2.24) is 0 Å². The van der Waals surface area contributed by atoms with Crippen LogP contribution in [0.15, 0.2) is 12.1 Å². The van der Waals surface area contributed by atoms with Crippen molar-refractivity contribution in [3.63, 3.8) is 0 Å². The normalized spacial score (nSPS) is 10.8. The molecule has 18 heavy (non-hydrogen) atoms. The highest BCUT2D eigenvalue weighted by Gasteiger charge is 2.13. The predicted molar refractivity (Wildman–Crippen MR) is 83.6 cm³/mol. The summed E-state index contributed by atoms with van der Waals surface area (Å²) >= 11 is 4.27. The first kappa shape index (κ1) is 15.2. The molecule has 1 aromatic carbocycles. The van der Waals surface area contributed by atoms with Gasteiger partial charge in [-0.1, -0.05) is 13.8 Å². The molecule has 0 radical (unpaired) electrons. The fourth-order valence-corrected chi connectivity index (χ4v) is 2.30. The molecule has 0 saturated heterocycles. The quantitative estimate of drug-likeness (QED) is 0.785. The molecule has 0 amide bonds. The van der Waals surface area contributed by atoms with Crippen LogP contribution in [0.25, 0.3) is 0 Å². The Hall–Kier alpha value is -0.830. The van der Waals surface area contributed by atoms with Crippen LogP contribution in [0.5, 0.6) is 5.75 Å². The van der Waals surface area contributed by atoms with Crippen molar-refractivity contribution in [1.29, 1.82) is 0 Å². The number of thiol groups is 1. The summed E-state index contributed by atoms with van der Waals surface area (Å²) in [5, 5.41) is 0. The monoisotopic (exact) mass is 267 g/mol. The molecule has 0 saturated carbocycles. The van der Waals surface area contributed by atoms with Crippen molar-refractivity contribution in [2.75, 3.05) is 31.4 Å². The largest absolute Gasteiger partial charge is 0.496 e. The molecular weight excluding hydrogens is 242 g/mol.